The van der Waals surface area contributed by atoms with Crippen LogP contribution in [-0.2, 0) is 0 Å². The van der Waals surface area contributed by atoms with Crippen LogP contribution in [0.1, 0.15) is 0 Å². The summed E-state index contributed by atoms with van der Waals surface area (Å²) >= 11 is 0. The summed E-state index contributed by atoms with van der Waals surface area (Å²) in [7, 11) is 3.11. The minimum Gasteiger partial charge on any atom is -0.508 e. The van der Waals surface area contributed by atoms with Crippen molar-refractivity contribution in [2.75, 3.05) is 14.2 Å². The molecule has 6 aromatic carbocycles. The van der Waals surface area contributed by atoms with Crippen molar-refractivity contribution < 1.29 is 28.5 Å². The molecule has 6 heteroatoms. The third kappa shape index (κ3) is 5.38. The molecule has 0 heterocycles. The molecule has 0 fully saturated rings. The number of hydrogen-bond acceptors (Lipinski definition) is 4. The lowest BCUT2D eigenvalue weighted by Gasteiger charge is -2.08. The van der Waals surface area contributed by atoms with E-state index < -0.39 is 5.82 Å². The van der Waals surface area contributed by atoms with E-state index in [4.69, 9.17) is 9.47 Å². The number of benzene rings is 6. The van der Waals surface area contributed by atoms with Gasteiger partial charge < -0.3 is 19.7 Å². The van der Waals surface area contributed by atoms with Gasteiger partial charge in [0.25, 0.3) is 0 Å². The molecule has 0 aliphatic heterocycles. The van der Waals surface area contributed by atoms with E-state index in [2.05, 4.69) is 0 Å². The standard InChI is InChI=1S/C18H15FO2.C16H11FO2/c1-20-15-7-3-12(4-8-15)13-5-9-16-14(11-13)6-10-17(21-2)18(16)19;17-16-14-7-3-11(9-12(14)4-8-15(16)19)10-1-5-13(18)6-2-10/h3-11H,1-2H3;1-9,18-19H. The molecule has 200 valence electrons. The Morgan fingerprint density at radius 2 is 1.00 bits per heavy atom. The molecule has 6 rings (SSSR count). The van der Waals surface area contributed by atoms with Gasteiger partial charge in [-0.15, -0.1) is 0 Å². The van der Waals surface area contributed by atoms with Gasteiger partial charge in [-0.3, -0.25) is 0 Å². The highest BCUT2D eigenvalue weighted by Gasteiger charge is 2.09. The molecule has 0 saturated heterocycles. The topological polar surface area (TPSA) is 58.9 Å². The third-order valence-electron chi connectivity index (χ3n) is 6.70. The van der Waals surface area contributed by atoms with E-state index in [1.807, 2.05) is 48.5 Å². The third-order valence-corrected chi connectivity index (χ3v) is 6.70. The fraction of sp³-hybridized carbons (Fsp3) is 0.0588. The quantitative estimate of drug-likeness (QED) is 0.237. The van der Waals surface area contributed by atoms with Crippen LogP contribution in [0.4, 0.5) is 8.78 Å². The summed E-state index contributed by atoms with van der Waals surface area (Å²) in [5.74, 6) is 0.0199. The molecule has 0 aromatic heterocycles. The van der Waals surface area contributed by atoms with Gasteiger partial charge in [0, 0.05) is 10.8 Å². The molecule has 0 aliphatic carbocycles. The van der Waals surface area contributed by atoms with Gasteiger partial charge in [0.15, 0.2) is 23.1 Å². The molecule has 40 heavy (non-hydrogen) atoms. The van der Waals surface area contributed by atoms with Crippen molar-refractivity contribution in [1.82, 2.24) is 0 Å². The van der Waals surface area contributed by atoms with Crippen molar-refractivity contribution in [2.45, 2.75) is 0 Å². The van der Waals surface area contributed by atoms with Crippen LogP contribution in [0.3, 0.4) is 0 Å². The average Bonchev–Trinajstić information content (AvgIpc) is 3.00. The first-order chi connectivity index (χ1) is 19.4. The number of methoxy groups -OCH3 is 2. The van der Waals surface area contributed by atoms with Gasteiger partial charge in [0.05, 0.1) is 14.2 Å². The first-order valence-corrected chi connectivity index (χ1v) is 12.5. The lowest BCUT2D eigenvalue weighted by atomic mass is 10.0. The number of phenolic OH excluding ortho intramolecular Hbond substituents is 2. The number of aromatic hydroxyl groups is 2. The average molecular weight is 537 g/mol. The molecule has 0 radical (unpaired) electrons. The number of hydrogen-bond donors (Lipinski definition) is 2. The maximum Gasteiger partial charge on any atom is 0.172 e. The van der Waals surface area contributed by atoms with Crippen LogP contribution < -0.4 is 9.47 Å². The van der Waals surface area contributed by atoms with Gasteiger partial charge >= 0.3 is 0 Å². The number of halogens is 2. The Morgan fingerprint density at radius 1 is 0.500 bits per heavy atom. The highest BCUT2D eigenvalue weighted by Crippen LogP contribution is 2.32. The molecular weight excluding hydrogens is 510 g/mol. The minimum absolute atomic E-state index is 0.209. The monoisotopic (exact) mass is 536 g/mol. The summed E-state index contributed by atoms with van der Waals surface area (Å²) in [5, 5.41) is 21.1. The molecule has 2 N–H and O–H groups in total. The summed E-state index contributed by atoms with van der Waals surface area (Å²) in [6.07, 6.45) is 0. The van der Waals surface area contributed by atoms with E-state index in [0.717, 1.165) is 38.8 Å². The number of rotatable bonds is 4. The van der Waals surface area contributed by atoms with E-state index in [1.165, 1.54) is 13.2 Å². The van der Waals surface area contributed by atoms with Gasteiger partial charge in [0.2, 0.25) is 0 Å². The highest BCUT2D eigenvalue weighted by atomic mass is 19.1. The molecule has 0 spiro atoms. The summed E-state index contributed by atoms with van der Waals surface area (Å²) in [6.45, 7) is 0. The van der Waals surface area contributed by atoms with E-state index in [9.17, 15) is 19.0 Å². The Hall–Kier alpha value is -5.10. The second-order valence-electron chi connectivity index (χ2n) is 9.13. The molecule has 0 saturated carbocycles. The number of fused-ring (bicyclic) bond motifs is 2. The summed E-state index contributed by atoms with van der Waals surface area (Å²) in [5.41, 5.74) is 3.97. The molecule has 0 atom stereocenters. The van der Waals surface area contributed by atoms with Crippen LogP contribution in [0.25, 0.3) is 43.8 Å². The van der Waals surface area contributed by atoms with Gasteiger partial charge in [-0.2, -0.15) is 0 Å². The van der Waals surface area contributed by atoms with E-state index in [0.29, 0.717) is 10.8 Å². The van der Waals surface area contributed by atoms with Gasteiger partial charge in [-0.1, -0.05) is 60.7 Å². The van der Waals surface area contributed by atoms with Crippen molar-refractivity contribution in [2.24, 2.45) is 0 Å². The van der Waals surface area contributed by atoms with Crippen molar-refractivity contribution in [3.05, 3.63) is 121 Å². The van der Waals surface area contributed by atoms with E-state index >= 15 is 0 Å². The second-order valence-corrected chi connectivity index (χ2v) is 9.13. The Morgan fingerprint density at radius 3 is 1.55 bits per heavy atom. The van der Waals surface area contributed by atoms with Crippen molar-refractivity contribution in [3.63, 3.8) is 0 Å². The summed E-state index contributed by atoms with van der Waals surface area (Å²) in [4.78, 5) is 0. The largest absolute Gasteiger partial charge is 0.508 e. The zero-order chi connectivity index (χ0) is 28.2. The Kier molecular flexibility index (Phi) is 7.51. The van der Waals surface area contributed by atoms with Crippen LogP contribution in [0, 0.1) is 11.6 Å². The molecule has 0 unspecified atom stereocenters. The predicted molar refractivity (Wildman–Crippen MR) is 155 cm³/mol. The Bertz CT molecular complexity index is 1800. The minimum atomic E-state index is -0.602. The fourth-order valence-corrected chi connectivity index (χ4v) is 4.51. The first-order valence-electron chi connectivity index (χ1n) is 12.5. The van der Waals surface area contributed by atoms with Gasteiger partial charge in [0.1, 0.15) is 11.5 Å². The van der Waals surface area contributed by atoms with Crippen LogP contribution in [0.2, 0.25) is 0 Å². The van der Waals surface area contributed by atoms with Crippen LogP contribution in [0.15, 0.2) is 109 Å². The Labute approximate surface area is 230 Å². The van der Waals surface area contributed by atoms with Gasteiger partial charge in [-0.05, 0) is 81.6 Å². The van der Waals surface area contributed by atoms with Crippen LogP contribution >= 0.6 is 0 Å². The smallest absolute Gasteiger partial charge is 0.172 e. The second kappa shape index (κ2) is 11.3. The molecule has 4 nitrogen and oxygen atoms in total. The molecular formula is C34H26F2O4. The number of phenols is 2. The number of ether oxygens (including phenoxy) is 2. The molecule has 0 aliphatic rings. The fourth-order valence-electron chi connectivity index (χ4n) is 4.51. The van der Waals surface area contributed by atoms with Crippen LogP contribution in [-0.4, -0.2) is 24.4 Å². The highest BCUT2D eigenvalue weighted by molar-refractivity contribution is 5.90. The van der Waals surface area contributed by atoms with Crippen molar-refractivity contribution >= 4 is 21.5 Å². The SMILES string of the molecule is COc1ccc(-c2ccc3c(F)c(OC)ccc3c2)cc1.Oc1ccc(-c2ccc3c(F)c(O)ccc3c2)cc1. The normalized spacial score (nSPS) is 10.7. The predicted octanol–water partition coefficient (Wildman–Crippen LogP) is 8.72. The van der Waals surface area contributed by atoms with E-state index in [1.54, 1.807) is 61.7 Å². The molecule has 6 aromatic rings. The summed E-state index contributed by atoms with van der Waals surface area (Å²) in [6, 6.07) is 32.1. The zero-order valence-corrected chi connectivity index (χ0v) is 21.9. The van der Waals surface area contributed by atoms with Crippen molar-refractivity contribution in [1.29, 1.82) is 0 Å². The molecule has 0 bridgehead atoms. The Balaban J connectivity index is 0.000000162. The maximum atomic E-state index is 14.2. The lowest BCUT2D eigenvalue weighted by molar-refractivity contribution is 0.389. The molecule has 0 amide bonds. The van der Waals surface area contributed by atoms with Gasteiger partial charge in [-0.25, -0.2) is 8.78 Å². The summed E-state index contributed by atoms with van der Waals surface area (Å²) < 4.78 is 38.0. The zero-order valence-electron chi connectivity index (χ0n) is 21.9. The van der Waals surface area contributed by atoms with Crippen molar-refractivity contribution in [3.8, 4) is 45.3 Å². The maximum absolute atomic E-state index is 14.2. The van der Waals surface area contributed by atoms with E-state index in [-0.39, 0.29) is 23.1 Å². The first kappa shape index (κ1) is 26.5. The lowest BCUT2D eigenvalue weighted by Crippen LogP contribution is -1.89. The van der Waals surface area contributed by atoms with Crippen LogP contribution in [0.5, 0.6) is 23.0 Å².